The van der Waals surface area contributed by atoms with Gasteiger partial charge < -0.3 is 4.74 Å². The fourth-order valence-corrected chi connectivity index (χ4v) is 4.43. The molecule has 4 nitrogen and oxygen atoms in total. The Hall–Kier alpha value is -2.92. The summed E-state index contributed by atoms with van der Waals surface area (Å²) in [6, 6.07) is 21.6. The number of carbonyl (C=O) groups is 2. The number of rotatable bonds is 2. The summed E-state index contributed by atoms with van der Waals surface area (Å²) >= 11 is 3.42. The number of nitrogens with zero attached hydrogens (tertiary/aromatic N) is 1. The van der Waals surface area contributed by atoms with Gasteiger partial charge in [0.1, 0.15) is 6.61 Å². The van der Waals surface area contributed by atoms with E-state index in [4.69, 9.17) is 4.74 Å². The number of anilines is 1. The van der Waals surface area contributed by atoms with Gasteiger partial charge in [0.15, 0.2) is 0 Å². The van der Waals surface area contributed by atoms with Crippen molar-refractivity contribution in [3.63, 3.8) is 0 Å². The van der Waals surface area contributed by atoms with Gasteiger partial charge in [0.25, 0.3) is 0 Å². The number of halogens is 1. The van der Waals surface area contributed by atoms with Crippen LogP contribution in [-0.4, -0.2) is 18.5 Å². The number of hydrogen-bond acceptors (Lipinski definition) is 3. The molecule has 5 rings (SSSR count). The molecular formula is C23H16BrNO3. The molecule has 2 heterocycles. The predicted molar refractivity (Wildman–Crippen MR) is 111 cm³/mol. The fraction of sp³-hybridized carbons (Fsp3) is 0.130. The van der Waals surface area contributed by atoms with Crippen LogP contribution < -0.4 is 4.90 Å². The summed E-state index contributed by atoms with van der Waals surface area (Å²) in [6.07, 6.45) is 0.234. The third kappa shape index (κ3) is 2.66. The molecule has 0 aliphatic carbocycles. The van der Waals surface area contributed by atoms with Gasteiger partial charge in [-0.3, -0.25) is 9.69 Å². The van der Waals surface area contributed by atoms with E-state index in [0.29, 0.717) is 11.3 Å². The maximum absolute atomic E-state index is 13.2. The molecule has 1 atom stereocenters. The van der Waals surface area contributed by atoms with Gasteiger partial charge in [0, 0.05) is 22.5 Å². The van der Waals surface area contributed by atoms with Crippen LogP contribution in [0.15, 0.2) is 82.5 Å². The van der Waals surface area contributed by atoms with Crippen molar-refractivity contribution in [1.82, 2.24) is 0 Å². The zero-order chi connectivity index (χ0) is 19.3. The molecule has 0 bridgehead atoms. The second-order valence-electron chi connectivity index (χ2n) is 6.97. The third-order valence-corrected chi connectivity index (χ3v) is 5.93. The van der Waals surface area contributed by atoms with Gasteiger partial charge in [-0.2, -0.15) is 0 Å². The minimum atomic E-state index is -0.331. The number of carbonyl (C=O) groups excluding carboxylic acids is 2. The summed E-state index contributed by atoms with van der Waals surface area (Å²) in [5.74, 6) is -0.657. The lowest BCUT2D eigenvalue weighted by Crippen LogP contribution is -2.37. The molecule has 0 saturated heterocycles. The molecule has 138 valence electrons. The van der Waals surface area contributed by atoms with Gasteiger partial charge in [0.2, 0.25) is 5.91 Å². The van der Waals surface area contributed by atoms with Crippen LogP contribution in [0.2, 0.25) is 0 Å². The minimum absolute atomic E-state index is 0.0303. The van der Waals surface area contributed by atoms with Gasteiger partial charge in [-0.1, -0.05) is 58.4 Å². The van der Waals surface area contributed by atoms with Gasteiger partial charge in [-0.05, 0) is 40.6 Å². The SMILES string of the molecule is O=C1OCC2=C1C(c1cccc3ccccc13)CC(=O)N2c1ccc(Br)cc1. The van der Waals surface area contributed by atoms with Gasteiger partial charge in [0.05, 0.1) is 11.3 Å². The number of ether oxygens (including phenoxy) is 1. The Kier molecular flexibility index (Phi) is 4.05. The molecule has 0 radical (unpaired) electrons. The summed E-state index contributed by atoms with van der Waals surface area (Å²) in [7, 11) is 0. The smallest absolute Gasteiger partial charge is 0.336 e. The first-order valence-corrected chi connectivity index (χ1v) is 9.89. The van der Waals surface area contributed by atoms with E-state index >= 15 is 0 Å². The van der Waals surface area contributed by atoms with E-state index in [1.807, 2.05) is 66.7 Å². The molecule has 0 aromatic heterocycles. The Morgan fingerprint density at radius 3 is 2.50 bits per heavy atom. The summed E-state index contributed by atoms with van der Waals surface area (Å²) in [5, 5.41) is 2.16. The molecule has 3 aromatic rings. The summed E-state index contributed by atoms with van der Waals surface area (Å²) in [5.41, 5.74) is 2.99. The van der Waals surface area contributed by atoms with Crippen molar-refractivity contribution in [2.75, 3.05) is 11.5 Å². The van der Waals surface area contributed by atoms with Crippen molar-refractivity contribution < 1.29 is 14.3 Å². The van der Waals surface area contributed by atoms with Crippen LogP contribution in [0.25, 0.3) is 10.8 Å². The Labute approximate surface area is 170 Å². The van der Waals surface area contributed by atoms with Crippen LogP contribution in [0, 0.1) is 0 Å². The van der Waals surface area contributed by atoms with Crippen LogP contribution >= 0.6 is 15.9 Å². The summed E-state index contributed by atoms with van der Waals surface area (Å²) in [4.78, 5) is 27.4. The second-order valence-corrected chi connectivity index (χ2v) is 7.88. The second kappa shape index (κ2) is 6.60. The number of amides is 1. The number of hydrogen-bond donors (Lipinski definition) is 0. The highest BCUT2D eigenvalue weighted by atomic mass is 79.9. The lowest BCUT2D eigenvalue weighted by molar-refractivity contribution is -0.136. The van der Waals surface area contributed by atoms with Crippen molar-refractivity contribution in [1.29, 1.82) is 0 Å². The van der Waals surface area contributed by atoms with Crippen LogP contribution in [0.3, 0.4) is 0 Å². The van der Waals surface area contributed by atoms with Gasteiger partial charge in [-0.15, -0.1) is 0 Å². The molecule has 5 heteroatoms. The summed E-state index contributed by atoms with van der Waals surface area (Å²) in [6.45, 7) is 0.122. The number of benzene rings is 3. The topological polar surface area (TPSA) is 46.6 Å². The average Bonchev–Trinajstić information content (AvgIpc) is 3.09. The highest BCUT2D eigenvalue weighted by molar-refractivity contribution is 9.10. The maximum atomic E-state index is 13.2. The van der Waals surface area contributed by atoms with E-state index in [1.54, 1.807) is 4.90 Å². The van der Waals surface area contributed by atoms with Crippen molar-refractivity contribution >= 4 is 44.3 Å². The molecule has 28 heavy (non-hydrogen) atoms. The van der Waals surface area contributed by atoms with Crippen LogP contribution in [0.1, 0.15) is 17.9 Å². The Morgan fingerprint density at radius 2 is 1.68 bits per heavy atom. The molecular weight excluding hydrogens is 418 g/mol. The van der Waals surface area contributed by atoms with Crippen LogP contribution in [-0.2, 0) is 14.3 Å². The first kappa shape index (κ1) is 17.2. The zero-order valence-corrected chi connectivity index (χ0v) is 16.5. The molecule has 0 saturated carbocycles. The molecule has 1 unspecified atom stereocenters. The van der Waals surface area contributed by atoms with Crippen LogP contribution in [0.5, 0.6) is 0 Å². The fourth-order valence-electron chi connectivity index (χ4n) is 4.16. The standard InChI is InChI=1S/C23H16BrNO3/c24-15-8-10-16(11-9-15)25-20-13-28-23(27)22(20)19(12-21(25)26)18-7-3-5-14-4-1-2-6-17(14)18/h1-11,19H,12-13H2. The molecule has 1 amide bonds. The predicted octanol–water partition coefficient (Wildman–Crippen LogP) is 4.93. The van der Waals surface area contributed by atoms with E-state index in [1.165, 1.54) is 0 Å². The van der Waals surface area contributed by atoms with E-state index in [2.05, 4.69) is 15.9 Å². The lowest BCUT2D eigenvalue weighted by atomic mass is 9.82. The Morgan fingerprint density at radius 1 is 0.929 bits per heavy atom. The molecule has 0 spiro atoms. The van der Waals surface area contributed by atoms with Crippen molar-refractivity contribution in [2.45, 2.75) is 12.3 Å². The maximum Gasteiger partial charge on any atom is 0.336 e. The van der Waals surface area contributed by atoms with E-state index < -0.39 is 0 Å². The molecule has 3 aromatic carbocycles. The highest BCUT2D eigenvalue weighted by Gasteiger charge is 2.43. The molecule has 0 N–H and O–H groups in total. The normalized spacial score (nSPS) is 19.2. The number of fused-ring (bicyclic) bond motifs is 1. The molecule has 2 aliphatic rings. The van der Waals surface area contributed by atoms with Gasteiger partial charge in [-0.25, -0.2) is 4.79 Å². The zero-order valence-electron chi connectivity index (χ0n) is 14.9. The van der Waals surface area contributed by atoms with Crippen molar-refractivity contribution in [3.8, 4) is 0 Å². The quantitative estimate of drug-likeness (QED) is 0.538. The van der Waals surface area contributed by atoms with E-state index in [-0.39, 0.29) is 30.8 Å². The monoisotopic (exact) mass is 433 g/mol. The number of cyclic esters (lactones) is 1. The highest BCUT2D eigenvalue weighted by Crippen LogP contribution is 2.43. The van der Waals surface area contributed by atoms with E-state index in [9.17, 15) is 9.59 Å². The lowest BCUT2D eigenvalue weighted by Gasteiger charge is -2.32. The third-order valence-electron chi connectivity index (χ3n) is 5.40. The first-order valence-electron chi connectivity index (χ1n) is 9.10. The van der Waals surface area contributed by atoms with Gasteiger partial charge >= 0.3 is 5.97 Å². The van der Waals surface area contributed by atoms with Crippen molar-refractivity contribution in [2.24, 2.45) is 0 Å². The molecule has 0 fully saturated rings. The minimum Gasteiger partial charge on any atom is -0.456 e. The van der Waals surface area contributed by atoms with E-state index in [0.717, 1.165) is 26.5 Å². The average molecular weight is 434 g/mol. The Bertz CT molecular complexity index is 1140. The Balaban J connectivity index is 1.68. The largest absolute Gasteiger partial charge is 0.456 e. The number of esters is 1. The summed E-state index contributed by atoms with van der Waals surface area (Å²) < 4.78 is 6.30. The first-order chi connectivity index (χ1) is 13.6. The van der Waals surface area contributed by atoms with Crippen LogP contribution in [0.4, 0.5) is 5.69 Å². The van der Waals surface area contributed by atoms with Crippen molar-refractivity contribution in [3.05, 3.63) is 88.0 Å². The molecule has 2 aliphatic heterocycles.